The molecule has 2 aromatic carbocycles. The van der Waals surface area contributed by atoms with Crippen molar-refractivity contribution in [3.63, 3.8) is 0 Å². The Balaban J connectivity index is 1.37. The predicted octanol–water partition coefficient (Wildman–Crippen LogP) is 3.86. The summed E-state index contributed by atoms with van der Waals surface area (Å²) in [6.45, 7) is 0.0392. The van der Waals surface area contributed by atoms with E-state index in [1.165, 1.54) is 35.0 Å². The quantitative estimate of drug-likeness (QED) is 0.141. The number of aliphatic imine (C=N–C) groups is 1. The van der Waals surface area contributed by atoms with Gasteiger partial charge in [0.05, 0.1) is 12.0 Å². The van der Waals surface area contributed by atoms with E-state index < -0.39 is 16.9 Å². The highest BCUT2D eigenvalue weighted by Gasteiger charge is 2.54. The van der Waals surface area contributed by atoms with Gasteiger partial charge in [0.25, 0.3) is 11.6 Å². The number of benzene rings is 2. The lowest BCUT2D eigenvalue weighted by Gasteiger charge is -2.48. The molecule has 0 spiro atoms. The Morgan fingerprint density at radius 1 is 1.16 bits per heavy atom. The molecule has 1 saturated heterocycles. The van der Waals surface area contributed by atoms with Gasteiger partial charge in [-0.2, -0.15) is 0 Å². The van der Waals surface area contributed by atoms with Gasteiger partial charge in [0.2, 0.25) is 0 Å². The van der Waals surface area contributed by atoms with Crippen LogP contribution >= 0.6 is 11.8 Å². The molecular weight excluding hydrogens is 508 g/mol. The summed E-state index contributed by atoms with van der Waals surface area (Å²) in [5.74, 6) is 0.267. The zero-order valence-electron chi connectivity index (χ0n) is 20.2. The number of nitro benzene ring substituents is 1. The molecule has 192 valence electrons. The maximum Gasteiger partial charge on any atom is 0.355 e. The number of β-lactam (4-membered cyclic amide) rings is 1. The van der Waals surface area contributed by atoms with Crippen LogP contribution in [0.15, 0.2) is 83.7 Å². The minimum atomic E-state index is -0.682. The van der Waals surface area contributed by atoms with Gasteiger partial charge in [-0.05, 0) is 53.1 Å². The Hall–Kier alpha value is -4.51. The first-order valence-corrected chi connectivity index (χ1v) is 12.7. The van der Waals surface area contributed by atoms with E-state index in [0.717, 1.165) is 11.1 Å². The van der Waals surface area contributed by atoms with Crippen molar-refractivity contribution in [3.05, 3.63) is 106 Å². The van der Waals surface area contributed by atoms with Crippen LogP contribution in [0.25, 0.3) is 5.57 Å². The Bertz CT molecular complexity index is 1420. The zero-order valence-corrected chi connectivity index (χ0v) is 21.0. The molecule has 1 fully saturated rings. The van der Waals surface area contributed by atoms with Crippen LogP contribution < -0.4 is 4.74 Å². The summed E-state index contributed by atoms with van der Waals surface area (Å²) in [5, 5.41) is 10.5. The van der Waals surface area contributed by atoms with Gasteiger partial charge in [0.15, 0.2) is 6.04 Å². The molecule has 3 aromatic rings. The number of aromatic nitrogens is 1. The Kier molecular flexibility index (Phi) is 7.18. The molecule has 0 radical (unpaired) electrons. The number of non-ortho nitro benzene ring substituents is 1. The largest absolute Gasteiger partial charge is 0.497 e. The fourth-order valence-electron chi connectivity index (χ4n) is 4.15. The van der Waals surface area contributed by atoms with Gasteiger partial charge < -0.3 is 9.47 Å². The topological polar surface area (TPSA) is 124 Å². The van der Waals surface area contributed by atoms with Gasteiger partial charge in [-0.25, -0.2) is 4.79 Å². The Morgan fingerprint density at radius 2 is 1.87 bits per heavy atom. The highest BCUT2D eigenvalue weighted by molar-refractivity contribution is 8.00. The Labute approximate surface area is 222 Å². The van der Waals surface area contributed by atoms with Crippen LogP contribution in [0.1, 0.15) is 16.7 Å². The molecular formula is C27H22N4O6S. The Morgan fingerprint density at radius 3 is 2.53 bits per heavy atom. The molecule has 10 nitrogen and oxygen atoms in total. The minimum Gasteiger partial charge on any atom is -0.497 e. The van der Waals surface area contributed by atoms with E-state index in [0.29, 0.717) is 22.6 Å². The van der Waals surface area contributed by atoms with E-state index in [9.17, 15) is 19.7 Å². The van der Waals surface area contributed by atoms with Crippen LogP contribution in [-0.4, -0.2) is 57.2 Å². The number of nitro groups is 1. The van der Waals surface area contributed by atoms with Gasteiger partial charge in [-0.1, -0.05) is 12.1 Å². The van der Waals surface area contributed by atoms with Crippen molar-refractivity contribution in [2.24, 2.45) is 4.99 Å². The average Bonchev–Trinajstić information content (AvgIpc) is 2.96. The number of fused-ring (bicyclic) bond motifs is 1. The smallest absolute Gasteiger partial charge is 0.355 e. The fourth-order valence-corrected chi connectivity index (χ4v) is 5.52. The number of amides is 1. The molecule has 1 aromatic heterocycles. The third-order valence-electron chi connectivity index (χ3n) is 6.18. The maximum absolute atomic E-state index is 13.4. The van der Waals surface area contributed by atoms with Gasteiger partial charge >= 0.3 is 5.97 Å². The molecule has 0 bridgehead atoms. The van der Waals surface area contributed by atoms with Crippen molar-refractivity contribution in [1.82, 2.24) is 9.88 Å². The highest BCUT2D eigenvalue weighted by Crippen LogP contribution is 2.44. The van der Waals surface area contributed by atoms with Crippen molar-refractivity contribution in [1.29, 1.82) is 0 Å². The van der Waals surface area contributed by atoms with Crippen LogP contribution in [0, 0.1) is 10.1 Å². The second kappa shape index (κ2) is 10.9. The molecule has 2 atom stereocenters. The first kappa shape index (κ1) is 25.2. The summed E-state index contributed by atoms with van der Waals surface area (Å²) < 4.78 is 10.8. The maximum atomic E-state index is 13.4. The third-order valence-corrected chi connectivity index (χ3v) is 7.44. The molecule has 5 rings (SSSR count). The van der Waals surface area contributed by atoms with Crippen molar-refractivity contribution in [2.75, 3.05) is 12.9 Å². The number of carbonyl (C=O) groups excluding carboxylic acids is 2. The summed E-state index contributed by atoms with van der Waals surface area (Å²) in [6.07, 6.45) is 4.79. The first-order chi connectivity index (χ1) is 18.5. The van der Waals surface area contributed by atoms with Crippen molar-refractivity contribution < 1.29 is 24.0 Å². The standard InChI is InChI=1S/C27H22N4O6S/c1-36-21-8-4-18(5-9-21)15-37-27(33)24-22(19-10-12-28-13-11-19)16-38-26-23(25(32)30(24)26)29-14-17-2-6-20(7-3-17)31(34)35/h2-14,23,26H,15-16H2,1H3/b29-14+/t23-,26-/m1/s1. The van der Waals surface area contributed by atoms with E-state index in [2.05, 4.69) is 9.98 Å². The number of ether oxygens (including phenoxy) is 2. The highest BCUT2D eigenvalue weighted by atomic mass is 32.2. The average molecular weight is 531 g/mol. The molecule has 0 N–H and O–H groups in total. The molecule has 3 heterocycles. The number of nitrogens with zero attached hydrogens (tertiary/aromatic N) is 4. The molecule has 0 aliphatic carbocycles. The SMILES string of the molecule is COc1ccc(COC(=O)C2=C(c3ccncc3)CS[C@@H]3[C@H](/N=C/c4ccc([N+](=O)[O-])cc4)C(=O)N23)cc1. The van der Waals surface area contributed by atoms with Crippen molar-refractivity contribution in [2.45, 2.75) is 18.0 Å². The van der Waals surface area contributed by atoms with Gasteiger partial charge in [-0.15, -0.1) is 11.8 Å². The molecule has 2 aliphatic rings. The summed E-state index contributed by atoms with van der Waals surface area (Å²) in [7, 11) is 1.58. The molecule has 2 aliphatic heterocycles. The summed E-state index contributed by atoms with van der Waals surface area (Å²) in [4.78, 5) is 46.9. The van der Waals surface area contributed by atoms with Crippen molar-refractivity contribution in [3.8, 4) is 5.75 Å². The number of thioether (sulfide) groups is 1. The number of carbonyl (C=O) groups is 2. The summed E-state index contributed by atoms with van der Waals surface area (Å²) >= 11 is 1.51. The molecule has 38 heavy (non-hydrogen) atoms. The normalized spacial score (nSPS) is 18.7. The van der Waals surface area contributed by atoms with Gasteiger partial charge in [0, 0.05) is 42.1 Å². The van der Waals surface area contributed by atoms with E-state index in [1.807, 2.05) is 12.1 Å². The van der Waals surface area contributed by atoms with E-state index in [4.69, 9.17) is 9.47 Å². The second-order valence-corrected chi connectivity index (χ2v) is 9.57. The lowest BCUT2D eigenvalue weighted by Crippen LogP contribution is -2.64. The lowest BCUT2D eigenvalue weighted by molar-refractivity contribution is -0.384. The van der Waals surface area contributed by atoms with Crippen LogP contribution in [-0.2, 0) is 20.9 Å². The minimum absolute atomic E-state index is 0.0255. The number of rotatable bonds is 8. The zero-order chi connectivity index (χ0) is 26.6. The predicted molar refractivity (Wildman–Crippen MR) is 142 cm³/mol. The van der Waals surface area contributed by atoms with Crippen LogP contribution in [0.2, 0.25) is 0 Å². The van der Waals surface area contributed by atoms with Crippen molar-refractivity contribution >= 4 is 41.1 Å². The summed E-state index contributed by atoms with van der Waals surface area (Å²) in [6, 6.07) is 16.0. The van der Waals surface area contributed by atoms with E-state index in [1.54, 1.807) is 55.9 Å². The second-order valence-electron chi connectivity index (χ2n) is 8.47. The number of hydrogen-bond acceptors (Lipinski definition) is 9. The van der Waals surface area contributed by atoms with Gasteiger partial charge in [-0.3, -0.25) is 29.8 Å². The first-order valence-electron chi connectivity index (χ1n) is 11.6. The number of hydrogen-bond donors (Lipinski definition) is 0. The van der Waals surface area contributed by atoms with Crippen LogP contribution in [0.4, 0.5) is 5.69 Å². The molecule has 1 amide bonds. The number of esters is 1. The number of methoxy groups -OCH3 is 1. The van der Waals surface area contributed by atoms with Crippen LogP contribution in [0.3, 0.4) is 0 Å². The lowest BCUT2D eigenvalue weighted by atomic mass is 9.99. The monoisotopic (exact) mass is 530 g/mol. The third kappa shape index (κ3) is 5.00. The molecule has 0 saturated carbocycles. The summed E-state index contributed by atoms with van der Waals surface area (Å²) in [5.41, 5.74) is 3.08. The number of pyridine rings is 1. The van der Waals surface area contributed by atoms with Crippen LogP contribution in [0.5, 0.6) is 5.75 Å². The van der Waals surface area contributed by atoms with Gasteiger partial charge in [0.1, 0.15) is 23.4 Å². The fraction of sp³-hybridized carbons (Fsp3) is 0.185. The molecule has 0 unspecified atom stereocenters. The molecule has 11 heteroatoms. The van der Waals surface area contributed by atoms with E-state index >= 15 is 0 Å². The van der Waals surface area contributed by atoms with E-state index in [-0.39, 0.29) is 29.3 Å².